The number of hydrogen-bond donors (Lipinski definition) is 1. The summed E-state index contributed by atoms with van der Waals surface area (Å²) in [6, 6.07) is 8.89. The third kappa shape index (κ3) is 2.38. The van der Waals surface area contributed by atoms with Gasteiger partial charge in [0, 0.05) is 12.6 Å². The molecule has 3 atom stereocenters. The molecular formula is C15H21NO2. The van der Waals surface area contributed by atoms with Crippen LogP contribution < -0.4 is 10.1 Å². The maximum Gasteiger partial charge on any atom is 0.118 e. The molecule has 1 saturated carbocycles. The fourth-order valence-corrected chi connectivity index (χ4v) is 3.09. The molecule has 1 aliphatic carbocycles. The lowest BCUT2D eigenvalue weighted by molar-refractivity contribution is 0.0473. The van der Waals surface area contributed by atoms with E-state index >= 15 is 0 Å². The SMILES string of the molecule is COc1ccc(C2CNC3CCCC3CO2)cc1. The molecule has 2 fully saturated rings. The van der Waals surface area contributed by atoms with E-state index in [1.807, 2.05) is 12.1 Å². The van der Waals surface area contributed by atoms with E-state index in [1.165, 1.54) is 24.8 Å². The number of methoxy groups -OCH3 is 1. The third-order valence-electron chi connectivity index (χ3n) is 4.22. The van der Waals surface area contributed by atoms with E-state index in [9.17, 15) is 0 Å². The average Bonchev–Trinajstić information content (AvgIpc) is 2.78. The van der Waals surface area contributed by atoms with Crippen LogP contribution in [0.4, 0.5) is 0 Å². The van der Waals surface area contributed by atoms with E-state index in [0.29, 0.717) is 12.0 Å². The predicted molar refractivity (Wildman–Crippen MR) is 70.8 cm³/mol. The summed E-state index contributed by atoms with van der Waals surface area (Å²) in [4.78, 5) is 0. The van der Waals surface area contributed by atoms with Gasteiger partial charge in [-0.25, -0.2) is 0 Å². The van der Waals surface area contributed by atoms with Gasteiger partial charge in [0.15, 0.2) is 0 Å². The van der Waals surface area contributed by atoms with Crippen LogP contribution in [0.2, 0.25) is 0 Å². The highest BCUT2D eigenvalue weighted by molar-refractivity contribution is 5.28. The molecule has 2 aliphatic rings. The van der Waals surface area contributed by atoms with Gasteiger partial charge < -0.3 is 14.8 Å². The zero-order valence-corrected chi connectivity index (χ0v) is 10.9. The summed E-state index contributed by atoms with van der Waals surface area (Å²) in [5.74, 6) is 1.62. The minimum atomic E-state index is 0.182. The monoisotopic (exact) mass is 247 g/mol. The molecule has 3 rings (SSSR count). The zero-order chi connectivity index (χ0) is 12.4. The van der Waals surface area contributed by atoms with Gasteiger partial charge in [0.25, 0.3) is 0 Å². The summed E-state index contributed by atoms with van der Waals surface area (Å²) >= 11 is 0. The summed E-state index contributed by atoms with van der Waals surface area (Å²) < 4.78 is 11.3. The largest absolute Gasteiger partial charge is 0.497 e. The van der Waals surface area contributed by atoms with E-state index in [-0.39, 0.29) is 6.10 Å². The first-order valence-corrected chi connectivity index (χ1v) is 6.86. The van der Waals surface area contributed by atoms with E-state index in [1.54, 1.807) is 7.11 Å². The van der Waals surface area contributed by atoms with Crippen LogP contribution >= 0.6 is 0 Å². The molecule has 1 saturated heterocycles. The lowest BCUT2D eigenvalue weighted by Gasteiger charge is -2.16. The van der Waals surface area contributed by atoms with Crippen LogP contribution in [0.1, 0.15) is 30.9 Å². The predicted octanol–water partition coefficient (Wildman–Crippen LogP) is 2.52. The van der Waals surface area contributed by atoms with Crippen molar-refractivity contribution in [2.24, 2.45) is 5.92 Å². The Morgan fingerprint density at radius 3 is 2.83 bits per heavy atom. The first-order valence-electron chi connectivity index (χ1n) is 6.86. The summed E-state index contributed by atoms with van der Waals surface area (Å²) in [6.45, 7) is 1.82. The minimum absolute atomic E-state index is 0.182. The molecule has 1 aliphatic heterocycles. The molecule has 0 radical (unpaired) electrons. The molecule has 0 bridgehead atoms. The van der Waals surface area contributed by atoms with Crippen molar-refractivity contribution < 1.29 is 9.47 Å². The minimum Gasteiger partial charge on any atom is -0.497 e. The zero-order valence-electron chi connectivity index (χ0n) is 10.9. The quantitative estimate of drug-likeness (QED) is 0.871. The second kappa shape index (κ2) is 5.29. The molecule has 0 amide bonds. The lowest BCUT2D eigenvalue weighted by Crippen LogP contribution is -2.32. The molecule has 3 unspecified atom stereocenters. The number of benzene rings is 1. The summed E-state index contributed by atoms with van der Waals surface area (Å²) in [7, 11) is 1.69. The Labute approximate surface area is 108 Å². The van der Waals surface area contributed by atoms with Crippen LogP contribution in [0.3, 0.4) is 0 Å². The molecule has 1 N–H and O–H groups in total. The smallest absolute Gasteiger partial charge is 0.118 e. The Bertz CT molecular complexity index is 376. The van der Waals surface area contributed by atoms with Crippen LogP contribution in [-0.2, 0) is 4.74 Å². The molecule has 98 valence electrons. The Balaban J connectivity index is 1.68. The van der Waals surface area contributed by atoms with Crippen LogP contribution in [0.25, 0.3) is 0 Å². The summed E-state index contributed by atoms with van der Waals surface area (Å²) in [5, 5.41) is 3.66. The van der Waals surface area contributed by atoms with Gasteiger partial charge in [0.05, 0.1) is 19.8 Å². The first kappa shape index (κ1) is 12.0. The van der Waals surface area contributed by atoms with Crippen LogP contribution in [0, 0.1) is 5.92 Å². The molecule has 3 heteroatoms. The normalized spacial score (nSPS) is 31.7. The van der Waals surface area contributed by atoms with Gasteiger partial charge >= 0.3 is 0 Å². The van der Waals surface area contributed by atoms with Crippen LogP contribution in [0.15, 0.2) is 24.3 Å². The van der Waals surface area contributed by atoms with Gasteiger partial charge in [0.2, 0.25) is 0 Å². The molecular weight excluding hydrogens is 226 g/mol. The maximum absolute atomic E-state index is 6.07. The maximum atomic E-state index is 6.07. The Hall–Kier alpha value is -1.06. The highest BCUT2D eigenvalue weighted by atomic mass is 16.5. The number of hydrogen-bond acceptors (Lipinski definition) is 3. The lowest BCUT2D eigenvalue weighted by atomic mass is 10.1. The number of rotatable bonds is 2. The number of fused-ring (bicyclic) bond motifs is 1. The van der Waals surface area contributed by atoms with Crippen molar-refractivity contribution >= 4 is 0 Å². The molecule has 0 aromatic heterocycles. The molecule has 1 heterocycles. The molecule has 1 aromatic rings. The van der Waals surface area contributed by atoms with Crippen molar-refractivity contribution in [1.29, 1.82) is 0 Å². The van der Waals surface area contributed by atoms with E-state index in [4.69, 9.17) is 9.47 Å². The summed E-state index contributed by atoms with van der Waals surface area (Å²) in [6.07, 6.45) is 4.15. The molecule has 18 heavy (non-hydrogen) atoms. The van der Waals surface area contributed by atoms with Crippen molar-refractivity contribution in [3.63, 3.8) is 0 Å². The van der Waals surface area contributed by atoms with E-state index in [2.05, 4.69) is 17.4 Å². The van der Waals surface area contributed by atoms with Gasteiger partial charge in [0.1, 0.15) is 5.75 Å². The number of nitrogens with one attached hydrogen (secondary N) is 1. The Morgan fingerprint density at radius 1 is 1.22 bits per heavy atom. The second-order valence-corrected chi connectivity index (χ2v) is 5.30. The topological polar surface area (TPSA) is 30.5 Å². The van der Waals surface area contributed by atoms with Crippen molar-refractivity contribution in [2.45, 2.75) is 31.4 Å². The van der Waals surface area contributed by atoms with Gasteiger partial charge in [-0.1, -0.05) is 18.6 Å². The van der Waals surface area contributed by atoms with E-state index < -0.39 is 0 Å². The third-order valence-corrected chi connectivity index (χ3v) is 4.22. The van der Waals surface area contributed by atoms with Crippen molar-refractivity contribution in [1.82, 2.24) is 5.32 Å². The number of ether oxygens (including phenoxy) is 2. The van der Waals surface area contributed by atoms with E-state index in [0.717, 1.165) is 18.9 Å². The molecule has 0 spiro atoms. The highest BCUT2D eigenvalue weighted by Gasteiger charge is 2.31. The van der Waals surface area contributed by atoms with Crippen LogP contribution in [0.5, 0.6) is 5.75 Å². The molecule has 1 aromatic carbocycles. The fourth-order valence-electron chi connectivity index (χ4n) is 3.09. The highest BCUT2D eigenvalue weighted by Crippen LogP contribution is 2.31. The first-order chi connectivity index (χ1) is 8.86. The second-order valence-electron chi connectivity index (χ2n) is 5.30. The van der Waals surface area contributed by atoms with Gasteiger partial charge in [-0.05, 0) is 36.5 Å². The van der Waals surface area contributed by atoms with Gasteiger partial charge in [-0.15, -0.1) is 0 Å². The van der Waals surface area contributed by atoms with Crippen molar-refractivity contribution in [2.75, 3.05) is 20.3 Å². The Kier molecular flexibility index (Phi) is 3.52. The van der Waals surface area contributed by atoms with Crippen molar-refractivity contribution in [3.05, 3.63) is 29.8 Å². The molecule has 3 nitrogen and oxygen atoms in total. The average molecular weight is 247 g/mol. The Morgan fingerprint density at radius 2 is 2.06 bits per heavy atom. The van der Waals surface area contributed by atoms with Crippen molar-refractivity contribution in [3.8, 4) is 5.75 Å². The van der Waals surface area contributed by atoms with Gasteiger partial charge in [-0.3, -0.25) is 0 Å². The summed E-state index contributed by atoms with van der Waals surface area (Å²) in [5.41, 5.74) is 1.24. The van der Waals surface area contributed by atoms with Gasteiger partial charge in [-0.2, -0.15) is 0 Å². The standard InChI is InChI=1S/C15H21NO2/c1-17-13-7-5-11(6-8-13)15-9-16-14-4-2-3-12(14)10-18-15/h5-8,12,14-16H,2-4,9-10H2,1H3. The van der Waals surface area contributed by atoms with Crippen LogP contribution in [-0.4, -0.2) is 26.3 Å². The fraction of sp³-hybridized carbons (Fsp3) is 0.600.